The Labute approximate surface area is 140 Å². The number of amides is 1. The molecule has 122 valence electrons. The van der Waals surface area contributed by atoms with Crippen LogP contribution in [-0.2, 0) is 18.0 Å². The van der Waals surface area contributed by atoms with Gasteiger partial charge >= 0.3 is 0 Å². The highest BCUT2D eigenvalue weighted by Gasteiger charge is 2.18. The SMILES string of the molecule is COCc1nc(C(N)=O)c(OCc2ccccc2)c2ccccc12. The Morgan fingerprint density at radius 1 is 1.00 bits per heavy atom. The predicted octanol–water partition coefficient (Wildman–Crippen LogP) is 3.06. The first-order chi connectivity index (χ1) is 11.7. The van der Waals surface area contributed by atoms with E-state index >= 15 is 0 Å². The molecule has 0 saturated carbocycles. The molecular formula is C19H18N2O3. The number of nitrogens with zero attached hydrogens (tertiary/aromatic N) is 1. The third-order valence-corrected chi connectivity index (χ3v) is 3.68. The summed E-state index contributed by atoms with van der Waals surface area (Å²) in [5.41, 5.74) is 7.30. The number of fused-ring (bicyclic) bond motifs is 1. The van der Waals surface area contributed by atoms with Gasteiger partial charge in [-0.25, -0.2) is 4.98 Å². The van der Waals surface area contributed by atoms with Crippen LogP contribution in [-0.4, -0.2) is 18.0 Å². The van der Waals surface area contributed by atoms with Gasteiger partial charge in [-0.05, 0) is 5.56 Å². The van der Waals surface area contributed by atoms with Gasteiger partial charge in [0.1, 0.15) is 6.61 Å². The molecule has 0 aliphatic heterocycles. The van der Waals surface area contributed by atoms with Gasteiger partial charge in [0.15, 0.2) is 11.4 Å². The Hall–Kier alpha value is -2.92. The second kappa shape index (κ2) is 7.10. The molecule has 0 bridgehead atoms. The number of hydrogen-bond donors (Lipinski definition) is 1. The number of aromatic nitrogens is 1. The molecule has 1 heterocycles. The second-order valence-corrected chi connectivity index (χ2v) is 5.35. The van der Waals surface area contributed by atoms with Crippen LogP contribution in [0.4, 0.5) is 0 Å². The standard InChI is InChI=1S/C19H18N2O3/c1-23-12-16-14-9-5-6-10-15(14)18(17(21-16)19(20)22)24-11-13-7-3-2-4-8-13/h2-10H,11-12H2,1H3,(H2,20,22). The van der Waals surface area contributed by atoms with Gasteiger partial charge in [-0.3, -0.25) is 4.79 Å². The fraction of sp³-hybridized carbons (Fsp3) is 0.158. The first-order valence-electron chi connectivity index (χ1n) is 7.57. The minimum atomic E-state index is -0.624. The topological polar surface area (TPSA) is 74.4 Å². The molecule has 0 aliphatic rings. The summed E-state index contributed by atoms with van der Waals surface area (Å²) >= 11 is 0. The zero-order chi connectivity index (χ0) is 16.9. The number of rotatable bonds is 6. The molecule has 5 heteroatoms. The normalized spacial score (nSPS) is 10.7. The molecule has 0 atom stereocenters. The number of carbonyl (C=O) groups excluding carboxylic acids is 1. The maximum absolute atomic E-state index is 11.9. The van der Waals surface area contributed by atoms with Gasteiger partial charge in [0, 0.05) is 17.9 Å². The molecule has 5 nitrogen and oxygen atoms in total. The van der Waals surface area contributed by atoms with E-state index in [-0.39, 0.29) is 5.69 Å². The lowest BCUT2D eigenvalue weighted by Crippen LogP contribution is -2.17. The van der Waals surface area contributed by atoms with Crippen molar-refractivity contribution in [1.82, 2.24) is 4.98 Å². The first kappa shape index (κ1) is 16.0. The molecule has 0 radical (unpaired) electrons. The number of pyridine rings is 1. The van der Waals surface area contributed by atoms with E-state index in [0.29, 0.717) is 24.7 Å². The van der Waals surface area contributed by atoms with Crippen molar-refractivity contribution in [3.8, 4) is 5.75 Å². The monoisotopic (exact) mass is 322 g/mol. The summed E-state index contributed by atoms with van der Waals surface area (Å²) < 4.78 is 11.1. The Kier molecular flexibility index (Phi) is 4.72. The van der Waals surface area contributed by atoms with Gasteiger partial charge in [0.25, 0.3) is 5.91 Å². The van der Waals surface area contributed by atoms with Crippen molar-refractivity contribution in [2.24, 2.45) is 5.73 Å². The molecule has 0 unspecified atom stereocenters. The van der Waals surface area contributed by atoms with E-state index in [4.69, 9.17) is 15.2 Å². The number of hydrogen-bond acceptors (Lipinski definition) is 4. The molecule has 2 N–H and O–H groups in total. The molecular weight excluding hydrogens is 304 g/mol. The van der Waals surface area contributed by atoms with Crippen LogP contribution in [0.15, 0.2) is 54.6 Å². The highest BCUT2D eigenvalue weighted by Crippen LogP contribution is 2.31. The third-order valence-electron chi connectivity index (χ3n) is 3.68. The summed E-state index contributed by atoms with van der Waals surface area (Å²) in [7, 11) is 1.58. The van der Waals surface area contributed by atoms with Crippen LogP contribution < -0.4 is 10.5 Å². The van der Waals surface area contributed by atoms with E-state index in [1.807, 2.05) is 54.6 Å². The Bertz CT molecular complexity index is 863. The van der Waals surface area contributed by atoms with Crippen molar-refractivity contribution in [1.29, 1.82) is 0 Å². The largest absolute Gasteiger partial charge is 0.486 e. The minimum Gasteiger partial charge on any atom is -0.486 e. The summed E-state index contributed by atoms with van der Waals surface area (Å²) in [6, 6.07) is 17.3. The number of ether oxygens (including phenoxy) is 2. The van der Waals surface area contributed by atoms with E-state index in [1.165, 1.54) is 0 Å². The van der Waals surface area contributed by atoms with E-state index in [0.717, 1.165) is 16.3 Å². The van der Waals surface area contributed by atoms with Crippen LogP contribution in [0.5, 0.6) is 5.75 Å². The van der Waals surface area contributed by atoms with E-state index in [2.05, 4.69) is 4.98 Å². The number of methoxy groups -OCH3 is 1. The fourth-order valence-electron chi connectivity index (χ4n) is 2.60. The van der Waals surface area contributed by atoms with Crippen molar-refractivity contribution in [2.75, 3.05) is 7.11 Å². The number of benzene rings is 2. The number of carbonyl (C=O) groups is 1. The number of nitrogens with two attached hydrogens (primary N) is 1. The molecule has 3 aromatic rings. The summed E-state index contributed by atoms with van der Waals surface area (Å²) in [6.45, 7) is 0.621. The highest BCUT2D eigenvalue weighted by atomic mass is 16.5. The Morgan fingerprint density at radius 2 is 1.67 bits per heavy atom. The Balaban J connectivity index is 2.09. The zero-order valence-electron chi connectivity index (χ0n) is 13.4. The maximum atomic E-state index is 11.9. The maximum Gasteiger partial charge on any atom is 0.271 e. The first-order valence-corrected chi connectivity index (χ1v) is 7.57. The van der Waals surface area contributed by atoms with Gasteiger partial charge in [0.05, 0.1) is 12.3 Å². The summed E-state index contributed by atoms with van der Waals surface area (Å²) in [5, 5.41) is 1.68. The lowest BCUT2D eigenvalue weighted by atomic mass is 10.1. The van der Waals surface area contributed by atoms with Crippen LogP contribution in [0, 0.1) is 0 Å². The summed E-state index contributed by atoms with van der Waals surface area (Å²) in [6.07, 6.45) is 0. The smallest absolute Gasteiger partial charge is 0.271 e. The molecule has 0 spiro atoms. The molecule has 24 heavy (non-hydrogen) atoms. The molecule has 0 aliphatic carbocycles. The summed E-state index contributed by atoms with van der Waals surface area (Å²) in [5.74, 6) is -0.219. The summed E-state index contributed by atoms with van der Waals surface area (Å²) in [4.78, 5) is 16.3. The predicted molar refractivity (Wildman–Crippen MR) is 91.7 cm³/mol. The minimum absolute atomic E-state index is 0.122. The molecule has 1 amide bonds. The average Bonchev–Trinajstić information content (AvgIpc) is 2.61. The quantitative estimate of drug-likeness (QED) is 0.757. The molecule has 2 aromatic carbocycles. The van der Waals surface area contributed by atoms with Gasteiger partial charge in [-0.2, -0.15) is 0 Å². The van der Waals surface area contributed by atoms with Crippen molar-refractivity contribution in [3.05, 3.63) is 71.5 Å². The third kappa shape index (κ3) is 3.21. The van der Waals surface area contributed by atoms with Crippen molar-refractivity contribution in [3.63, 3.8) is 0 Å². The second-order valence-electron chi connectivity index (χ2n) is 5.35. The Morgan fingerprint density at radius 3 is 2.33 bits per heavy atom. The average molecular weight is 322 g/mol. The molecule has 3 rings (SSSR count). The van der Waals surface area contributed by atoms with Gasteiger partial charge in [-0.1, -0.05) is 54.6 Å². The molecule has 0 fully saturated rings. The van der Waals surface area contributed by atoms with Gasteiger partial charge < -0.3 is 15.2 Å². The molecule has 0 saturated heterocycles. The van der Waals surface area contributed by atoms with Gasteiger partial charge in [-0.15, -0.1) is 0 Å². The molecule has 1 aromatic heterocycles. The van der Waals surface area contributed by atoms with Crippen molar-refractivity contribution < 1.29 is 14.3 Å². The highest BCUT2D eigenvalue weighted by molar-refractivity contribution is 6.01. The van der Waals surface area contributed by atoms with Crippen molar-refractivity contribution >= 4 is 16.7 Å². The van der Waals surface area contributed by atoms with Crippen LogP contribution in [0.25, 0.3) is 10.8 Å². The lowest BCUT2D eigenvalue weighted by Gasteiger charge is -2.15. The van der Waals surface area contributed by atoms with Crippen molar-refractivity contribution in [2.45, 2.75) is 13.2 Å². The number of primary amides is 1. The van der Waals surface area contributed by atoms with Gasteiger partial charge in [0.2, 0.25) is 0 Å². The zero-order valence-corrected chi connectivity index (χ0v) is 13.4. The van der Waals surface area contributed by atoms with E-state index < -0.39 is 5.91 Å². The van der Waals surface area contributed by atoms with Crippen LogP contribution in [0.3, 0.4) is 0 Å². The van der Waals surface area contributed by atoms with Crippen LogP contribution in [0.1, 0.15) is 21.7 Å². The van der Waals surface area contributed by atoms with Crippen LogP contribution in [0.2, 0.25) is 0 Å². The fourth-order valence-corrected chi connectivity index (χ4v) is 2.60. The van der Waals surface area contributed by atoms with Crippen LogP contribution >= 0.6 is 0 Å². The lowest BCUT2D eigenvalue weighted by molar-refractivity contribution is 0.0990. The van der Waals surface area contributed by atoms with E-state index in [1.54, 1.807) is 7.11 Å². The van der Waals surface area contributed by atoms with E-state index in [9.17, 15) is 4.79 Å².